The van der Waals surface area contributed by atoms with Gasteiger partial charge in [-0.2, -0.15) is 0 Å². The summed E-state index contributed by atoms with van der Waals surface area (Å²) < 4.78 is 0. The van der Waals surface area contributed by atoms with Gasteiger partial charge in [-0.05, 0) is 45.9 Å². The number of nitrogens with one attached hydrogen (secondary N) is 2. The number of amides is 1. The third kappa shape index (κ3) is 5.96. The first-order valence-corrected chi connectivity index (χ1v) is 9.83. The van der Waals surface area contributed by atoms with Crippen LogP contribution in [0.3, 0.4) is 0 Å². The van der Waals surface area contributed by atoms with Crippen LogP contribution in [0.5, 0.6) is 0 Å². The number of aromatic nitrogens is 2. The zero-order chi connectivity index (χ0) is 20.7. The highest BCUT2D eigenvalue weighted by molar-refractivity contribution is 5.83. The second-order valence-corrected chi connectivity index (χ2v) is 8.12. The molecule has 0 bridgehead atoms. The molecule has 0 spiro atoms. The molecule has 0 saturated heterocycles. The first-order valence-electron chi connectivity index (χ1n) is 9.83. The Morgan fingerprint density at radius 2 is 1.62 bits per heavy atom. The van der Waals surface area contributed by atoms with E-state index in [0.29, 0.717) is 13.1 Å². The van der Waals surface area contributed by atoms with Crippen LogP contribution in [0.25, 0.3) is 0 Å². The molecular weight excluding hydrogens is 360 g/mol. The summed E-state index contributed by atoms with van der Waals surface area (Å²) in [4.78, 5) is 21.2. The smallest absolute Gasteiger partial charge is 0.242 e. The van der Waals surface area contributed by atoms with Crippen molar-refractivity contribution < 1.29 is 4.79 Å². The second-order valence-electron chi connectivity index (χ2n) is 8.12. The topological polar surface area (TPSA) is 66.9 Å². The van der Waals surface area contributed by atoms with Crippen LogP contribution in [0, 0.1) is 0 Å². The van der Waals surface area contributed by atoms with Crippen LogP contribution in [0.15, 0.2) is 73.3 Å². The summed E-state index contributed by atoms with van der Waals surface area (Å²) in [6.07, 6.45) is 7.00. The summed E-state index contributed by atoms with van der Waals surface area (Å²) in [5.41, 5.74) is 4.30. The van der Waals surface area contributed by atoms with Crippen molar-refractivity contribution in [1.82, 2.24) is 20.6 Å². The highest BCUT2D eigenvalue weighted by Gasteiger charge is 2.21. The van der Waals surface area contributed by atoms with Crippen LogP contribution in [0.2, 0.25) is 0 Å². The number of pyridine rings is 2. The average Bonchev–Trinajstić information content (AvgIpc) is 2.73. The van der Waals surface area contributed by atoms with Gasteiger partial charge in [-0.25, -0.2) is 0 Å². The normalized spacial score (nSPS) is 12.4. The summed E-state index contributed by atoms with van der Waals surface area (Å²) in [5, 5.41) is 6.42. The van der Waals surface area contributed by atoms with Gasteiger partial charge in [-0.3, -0.25) is 20.1 Å². The largest absolute Gasteiger partial charge is 0.350 e. The Balaban J connectivity index is 1.75. The second kappa shape index (κ2) is 9.43. The van der Waals surface area contributed by atoms with Gasteiger partial charge in [0, 0.05) is 37.9 Å². The molecular formula is C24H28N4O. The van der Waals surface area contributed by atoms with Gasteiger partial charge < -0.3 is 5.32 Å². The molecule has 5 heteroatoms. The molecule has 29 heavy (non-hydrogen) atoms. The Bertz CT molecular complexity index is 903. The number of hydrogen-bond acceptors (Lipinski definition) is 4. The number of carbonyl (C=O) groups excluding carboxylic acids is 1. The van der Waals surface area contributed by atoms with Crippen molar-refractivity contribution in [3.8, 4) is 0 Å². The summed E-state index contributed by atoms with van der Waals surface area (Å²) in [6.45, 7) is 7.57. The molecule has 5 nitrogen and oxygen atoms in total. The minimum atomic E-state index is -0.450. The van der Waals surface area contributed by atoms with E-state index >= 15 is 0 Å². The van der Waals surface area contributed by atoms with Crippen molar-refractivity contribution in [2.45, 2.75) is 45.3 Å². The molecule has 1 atom stereocenters. The number of hydrogen-bond donors (Lipinski definition) is 2. The van der Waals surface area contributed by atoms with E-state index in [1.807, 2.05) is 36.4 Å². The van der Waals surface area contributed by atoms with E-state index in [1.54, 1.807) is 24.8 Å². The molecule has 0 fully saturated rings. The average molecular weight is 389 g/mol. The van der Waals surface area contributed by atoms with Gasteiger partial charge in [0.1, 0.15) is 6.04 Å². The third-order valence-electron chi connectivity index (χ3n) is 4.82. The van der Waals surface area contributed by atoms with Crippen molar-refractivity contribution in [3.63, 3.8) is 0 Å². The van der Waals surface area contributed by atoms with Gasteiger partial charge in [-0.1, -0.05) is 51.1 Å². The van der Waals surface area contributed by atoms with Crippen molar-refractivity contribution in [2.24, 2.45) is 0 Å². The van der Waals surface area contributed by atoms with Crippen LogP contribution >= 0.6 is 0 Å². The first-order chi connectivity index (χ1) is 13.9. The lowest BCUT2D eigenvalue weighted by Gasteiger charge is -2.22. The van der Waals surface area contributed by atoms with Gasteiger partial charge in [0.25, 0.3) is 0 Å². The standard InChI is InChI=1S/C24H28N4O/c1-24(2,3)21-8-6-20(7-9-21)22(27-16-18-10-13-25-14-11-18)23(29)28-17-19-5-4-12-26-15-19/h4-15,22,27H,16-17H2,1-3H3,(H,28,29). The number of carbonyl (C=O) groups is 1. The monoisotopic (exact) mass is 388 g/mol. The fourth-order valence-corrected chi connectivity index (χ4v) is 3.05. The molecule has 3 rings (SSSR count). The lowest BCUT2D eigenvalue weighted by molar-refractivity contribution is -0.123. The van der Waals surface area contributed by atoms with Gasteiger partial charge >= 0.3 is 0 Å². The molecule has 0 saturated carbocycles. The van der Waals surface area contributed by atoms with Crippen LogP contribution in [-0.2, 0) is 23.3 Å². The lowest BCUT2D eigenvalue weighted by Crippen LogP contribution is -2.37. The van der Waals surface area contributed by atoms with Crippen molar-refractivity contribution in [2.75, 3.05) is 0 Å². The van der Waals surface area contributed by atoms with E-state index in [2.05, 4.69) is 53.5 Å². The van der Waals surface area contributed by atoms with Crippen LogP contribution < -0.4 is 10.6 Å². The Hall–Kier alpha value is -3.05. The fraction of sp³-hybridized carbons (Fsp3) is 0.292. The van der Waals surface area contributed by atoms with Gasteiger partial charge in [0.05, 0.1) is 0 Å². The molecule has 3 aromatic rings. The molecule has 1 aromatic carbocycles. The van der Waals surface area contributed by atoms with Crippen molar-refractivity contribution >= 4 is 5.91 Å². The zero-order valence-corrected chi connectivity index (χ0v) is 17.2. The molecule has 1 amide bonds. The summed E-state index contributed by atoms with van der Waals surface area (Å²) >= 11 is 0. The minimum absolute atomic E-state index is 0.0635. The molecule has 2 aromatic heterocycles. The molecule has 2 N–H and O–H groups in total. The highest BCUT2D eigenvalue weighted by atomic mass is 16.2. The third-order valence-corrected chi connectivity index (χ3v) is 4.82. The Morgan fingerprint density at radius 1 is 0.897 bits per heavy atom. The molecule has 1 unspecified atom stereocenters. The fourth-order valence-electron chi connectivity index (χ4n) is 3.05. The molecule has 0 radical (unpaired) electrons. The summed E-state index contributed by atoms with van der Waals surface area (Å²) in [7, 11) is 0. The van der Waals surface area contributed by atoms with E-state index < -0.39 is 6.04 Å². The first kappa shape index (κ1) is 20.7. The van der Waals surface area contributed by atoms with Gasteiger partial charge in [0.15, 0.2) is 0 Å². The van der Waals surface area contributed by atoms with Crippen LogP contribution in [-0.4, -0.2) is 15.9 Å². The SMILES string of the molecule is CC(C)(C)c1ccc(C(NCc2ccncc2)C(=O)NCc2cccnc2)cc1. The molecule has 2 heterocycles. The van der Waals surface area contributed by atoms with Gasteiger partial charge in [-0.15, -0.1) is 0 Å². The van der Waals surface area contributed by atoms with Crippen molar-refractivity contribution in [1.29, 1.82) is 0 Å². The maximum absolute atomic E-state index is 13.0. The number of benzene rings is 1. The molecule has 0 aliphatic rings. The van der Waals surface area contributed by atoms with Crippen LogP contribution in [0.4, 0.5) is 0 Å². The van der Waals surface area contributed by atoms with Gasteiger partial charge in [0.2, 0.25) is 5.91 Å². The number of rotatable bonds is 7. The lowest BCUT2D eigenvalue weighted by atomic mass is 9.86. The maximum atomic E-state index is 13.0. The predicted molar refractivity (Wildman–Crippen MR) is 115 cm³/mol. The van der Waals surface area contributed by atoms with E-state index in [4.69, 9.17) is 0 Å². The minimum Gasteiger partial charge on any atom is -0.350 e. The van der Waals surface area contributed by atoms with E-state index in [-0.39, 0.29) is 11.3 Å². The predicted octanol–water partition coefficient (Wildman–Crippen LogP) is 3.92. The Morgan fingerprint density at radius 3 is 2.24 bits per heavy atom. The highest BCUT2D eigenvalue weighted by Crippen LogP contribution is 2.24. The van der Waals surface area contributed by atoms with Crippen molar-refractivity contribution in [3.05, 3.63) is 95.6 Å². The molecule has 150 valence electrons. The zero-order valence-electron chi connectivity index (χ0n) is 17.2. The molecule has 0 aliphatic carbocycles. The Labute approximate surface area is 172 Å². The van der Waals surface area contributed by atoms with E-state index in [9.17, 15) is 4.79 Å². The molecule has 0 aliphatic heterocycles. The summed E-state index contributed by atoms with van der Waals surface area (Å²) in [5.74, 6) is -0.0635. The number of nitrogens with zero attached hydrogens (tertiary/aromatic N) is 2. The van der Waals surface area contributed by atoms with E-state index in [1.165, 1.54) is 5.56 Å². The quantitative estimate of drug-likeness (QED) is 0.644. The summed E-state index contributed by atoms with van der Waals surface area (Å²) in [6, 6.07) is 15.5. The van der Waals surface area contributed by atoms with Crippen LogP contribution in [0.1, 0.15) is 49.1 Å². The maximum Gasteiger partial charge on any atom is 0.242 e. The van der Waals surface area contributed by atoms with E-state index in [0.717, 1.165) is 16.7 Å². The Kier molecular flexibility index (Phi) is 6.73.